The minimum atomic E-state index is -2.52. The normalized spacial score (nSPS) is 17.7. The second-order valence-electron chi connectivity index (χ2n) is 3.79. The average molecular weight is 300 g/mol. The molecule has 1 amide bonds. The van der Waals surface area contributed by atoms with Crippen molar-refractivity contribution in [2.45, 2.75) is 24.8 Å². The van der Waals surface area contributed by atoms with Crippen molar-refractivity contribution in [2.24, 2.45) is 0 Å². The summed E-state index contributed by atoms with van der Waals surface area (Å²) in [7, 11) is 1.23. The predicted octanol–water partition coefficient (Wildman–Crippen LogP) is 0.535. The number of carbonyl (C=O) groups is 2. The van der Waals surface area contributed by atoms with Crippen LogP contribution in [0.3, 0.4) is 0 Å². The van der Waals surface area contributed by atoms with Crippen molar-refractivity contribution < 1.29 is 18.4 Å². The van der Waals surface area contributed by atoms with E-state index in [-0.39, 0.29) is 6.54 Å². The van der Waals surface area contributed by atoms with Crippen LogP contribution >= 0.6 is 25.3 Å². The molecule has 0 spiro atoms. The van der Waals surface area contributed by atoms with Crippen LogP contribution in [0.25, 0.3) is 0 Å². The fraction of sp³-hybridized carbons (Fsp3) is 0.800. The second kappa shape index (κ2) is 7.30. The molecule has 0 bridgehead atoms. The molecule has 0 aromatic heterocycles. The third kappa shape index (κ3) is 4.10. The molecule has 0 aliphatic rings. The summed E-state index contributed by atoms with van der Waals surface area (Å²) in [6.45, 7) is 1.79. The molecule has 0 saturated carbocycles. The Balaban J connectivity index is 4.95. The van der Waals surface area contributed by atoms with Crippen LogP contribution in [0.5, 0.6) is 0 Å². The van der Waals surface area contributed by atoms with Gasteiger partial charge < -0.3 is 5.32 Å². The fourth-order valence-electron chi connectivity index (χ4n) is 1.35. The van der Waals surface area contributed by atoms with E-state index >= 15 is 0 Å². The zero-order chi connectivity index (χ0) is 14.4. The minimum absolute atomic E-state index is 0.183. The monoisotopic (exact) mass is 300 g/mol. The number of alkyl halides is 2. The number of thiol groups is 2. The van der Waals surface area contributed by atoms with Crippen molar-refractivity contribution >= 4 is 36.9 Å². The molecule has 0 aromatic rings. The van der Waals surface area contributed by atoms with Crippen LogP contribution in [0.15, 0.2) is 0 Å². The first-order valence-electron chi connectivity index (χ1n) is 5.39. The molecule has 106 valence electrons. The van der Waals surface area contributed by atoms with E-state index in [2.05, 4.69) is 35.9 Å². The molecular weight excluding hydrogens is 282 g/mol. The van der Waals surface area contributed by atoms with E-state index in [1.165, 1.54) is 7.05 Å². The van der Waals surface area contributed by atoms with Gasteiger partial charge in [-0.05, 0) is 6.54 Å². The van der Waals surface area contributed by atoms with Crippen molar-refractivity contribution in [3.63, 3.8) is 0 Å². The first-order chi connectivity index (χ1) is 8.29. The highest BCUT2D eigenvalue weighted by atomic mass is 32.1. The highest BCUT2D eigenvalue weighted by Crippen LogP contribution is 2.24. The van der Waals surface area contributed by atoms with E-state index in [1.54, 1.807) is 6.92 Å². The van der Waals surface area contributed by atoms with E-state index in [0.717, 1.165) is 0 Å². The molecule has 2 N–H and O–H groups in total. The summed E-state index contributed by atoms with van der Waals surface area (Å²) in [5, 5.41) is 4.38. The van der Waals surface area contributed by atoms with Gasteiger partial charge >= 0.3 is 0 Å². The van der Waals surface area contributed by atoms with E-state index < -0.39 is 41.1 Å². The van der Waals surface area contributed by atoms with Gasteiger partial charge in [-0.2, -0.15) is 25.3 Å². The number of nitrogens with one attached hydrogen (secondary N) is 2. The zero-order valence-corrected chi connectivity index (χ0v) is 12.1. The topological polar surface area (TPSA) is 58.2 Å². The van der Waals surface area contributed by atoms with Gasteiger partial charge in [0.05, 0.1) is 6.42 Å². The van der Waals surface area contributed by atoms with Gasteiger partial charge in [-0.1, -0.05) is 6.92 Å². The number of amides is 1. The van der Waals surface area contributed by atoms with Gasteiger partial charge in [0, 0.05) is 18.6 Å². The lowest BCUT2D eigenvalue weighted by Crippen LogP contribution is -2.54. The lowest BCUT2D eigenvalue weighted by molar-refractivity contribution is -0.141. The summed E-state index contributed by atoms with van der Waals surface area (Å²) in [6.07, 6.45) is -0.889. The Hall–Kier alpha value is -0.340. The van der Waals surface area contributed by atoms with Gasteiger partial charge in [0.2, 0.25) is 11.5 Å². The molecule has 0 aliphatic carbocycles. The maximum atomic E-state index is 14.1. The summed E-state index contributed by atoms with van der Waals surface area (Å²) in [4.78, 5) is 23.1. The molecule has 0 unspecified atom stereocenters. The Morgan fingerprint density at radius 2 is 1.78 bits per heavy atom. The Bertz CT molecular complexity index is 320. The number of Topliss-reactive ketones (excluding diaryl/α,β-unsaturated/α-hetero) is 1. The maximum Gasteiger partial charge on any atom is 0.258 e. The highest BCUT2D eigenvalue weighted by molar-refractivity contribution is 7.80. The molecule has 0 fully saturated rings. The van der Waals surface area contributed by atoms with E-state index in [4.69, 9.17) is 0 Å². The van der Waals surface area contributed by atoms with Crippen molar-refractivity contribution in [3.05, 3.63) is 0 Å². The first-order valence-corrected chi connectivity index (χ1v) is 6.66. The van der Waals surface area contributed by atoms with E-state index in [1.807, 2.05) is 0 Å². The van der Waals surface area contributed by atoms with Crippen molar-refractivity contribution in [1.29, 1.82) is 0 Å². The quantitative estimate of drug-likeness (QED) is 0.391. The third-order valence-electron chi connectivity index (χ3n) is 2.44. The van der Waals surface area contributed by atoms with Crippen molar-refractivity contribution in [3.8, 4) is 0 Å². The smallest absolute Gasteiger partial charge is 0.258 e. The molecular formula is C10H18F2N2O2S2. The van der Waals surface area contributed by atoms with Gasteiger partial charge in [0.25, 0.3) is 5.91 Å². The molecule has 0 aliphatic heterocycles. The van der Waals surface area contributed by atoms with Crippen LogP contribution in [0, 0.1) is 0 Å². The maximum absolute atomic E-state index is 14.1. The number of likely N-dealkylation sites (N-methyl/N-ethyl adjacent to an activating group) is 1. The molecule has 0 saturated heterocycles. The Morgan fingerprint density at radius 3 is 2.11 bits per heavy atom. The molecule has 18 heavy (non-hydrogen) atoms. The Labute approximate surface area is 116 Å². The molecule has 2 atom stereocenters. The van der Waals surface area contributed by atoms with Crippen LogP contribution in [0.1, 0.15) is 13.3 Å². The fourth-order valence-corrected chi connectivity index (χ4v) is 1.89. The summed E-state index contributed by atoms with van der Waals surface area (Å²) >= 11 is 7.42. The standard InChI is InChI=1S/C10H18F2N2O2S2/c1-3-14-10(12,6-18)7(15)4-9(11,5-17)8(16)13-2/h14,17-18H,3-6H2,1-2H3,(H,13,16)/t9-,10+/m1/s1. The van der Waals surface area contributed by atoms with Gasteiger partial charge in [0.15, 0.2) is 5.78 Å². The largest absolute Gasteiger partial charge is 0.356 e. The highest BCUT2D eigenvalue weighted by Gasteiger charge is 2.45. The van der Waals surface area contributed by atoms with Crippen molar-refractivity contribution in [1.82, 2.24) is 10.6 Å². The molecule has 0 aromatic carbocycles. The lowest BCUT2D eigenvalue weighted by atomic mass is 9.95. The molecule has 4 nitrogen and oxygen atoms in total. The first kappa shape index (κ1) is 17.7. The average Bonchev–Trinajstić information content (AvgIpc) is 2.37. The van der Waals surface area contributed by atoms with Gasteiger partial charge in [0.1, 0.15) is 0 Å². The molecule has 0 radical (unpaired) electrons. The summed E-state index contributed by atoms with van der Waals surface area (Å²) < 4.78 is 28.2. The third-order valence-corrected chi connectivity index (χ3v) is 3.38. The van der Waals surface area contributed by atoms with E-state index in [9.17, 15) is 18.4 Å². The van der Waals surface area contributed by atoms with Gasteiger partial charge in [-0.15, -0.1) is 0 Å². The van der Waals surface area contributed by atoms with Crippen LogP contribution in [0.4, 0.5) is 8.78 Å². The van der Waals surface area contributed by atoms with Gasteiger partial charge in [-0.25, -0.2) is 8.78 Å². The van der Waals surface area contributed by atoms with Crippen LogP contribution in [-0.2, 0) is 9.59 Å². The number of carbonyl (C=O) groups excluding carboxylic acids is 2. The Morgan fingerprint density at radius 1 is 1.22 bits per heavy atom. The van der Waals surface area contributed by atoms with Crippen LogP contribution in [0.2, 0.25) is 0 Å². The number of ketones is 1. The van der Waals surface area contributed by atoms with Gasteiger partial charge in [-0.3, -0.25) is 14.9 Å². The van der Waals surface area contributed by atoms with Crippen molar-refractivity contribution in [2.75, 3.05) is 25.1 Å². The summed E-state index contributed by atoms with van der Waals surface area (Å²) in [5.74, 6) is -5.43. The molecule has 0 heterocycles. The lowest BCUT2D eigenvalue weighted by Gasteiger charge is -2.27. The zero-order valence-electron chi connectivity index (χ0n) is 10.3. The van der Waals surface area contributed by atoms with Crippen LogP contribution in [-0.4, -0.2) is 48.3 Å². The predicted molar refractivity (Wildman–Crippen MR) is 72.8 cm³/mol. The van der Waals surface area contributed by atoms with E-state index in [0.29, 0.717) is 0 Å². The summed E-state index contributed by atoms with van der Waals surface area (Å²) in [6, 6.07) is 0. The number of hydrogen-bond donors (Lipinski definition) is 4. The Kier molecular flexibility index (Phi) is 7.16. The number of rotatable bonds is 8. The number of halogens is 2. The van der Waals surface area contributed by atoms with Crippen LogP contribution < -0.4 is 10.6 Å². The SMILES string of the molecule is CCN[C@@](F)(CS)C(=O)C[C@@](F)(CS)C(=O)NC. The molecule has 8 heteroatoms. The molecule has 0 rings (SSSR count). The minimum Gasteiger partial charge on any atom is -0.356 e. The second-order valence-corrected chi connectivity index (χ2v) is 4.42. The number of hydrogen-bond acceptors (Lipinski definition) is 5. The summed E-state index contributed by atoms with van der Waals surface area (Å²) in [5.41, 5.74) is -2.52.